The number of sulfonamides is 1. The Morgan fingerprint density at radius 2 is 1.69 bits per heavy atom. The van der Waals surface area contributed by atoms with Gasteiger partial charge in [-0.15, -0.1) is 0 Å². The zero-order valence-corrected chi connectivity index (χ0v) is 18.8. The minimum absolute atomic E-state index is 0.198. The van der Waals surface area contributed by atoms with E-state index in [1.54, 1.807) is 12.1 Å². The van der Waals surface area contributed by atoms with Crippen LogP contribution in [0, 0.1) is 24.7 Å². The van der Waals surface area contributed by atoms with Crippen molar-refractivity contribution in [1.29, 1.82) is 0 Å². The molecule has 4 aliphatic rings. The van der Waals surface area contributed by atoms with Gasteiger partial charge in [0.25, 0.3) is 0 Å². The number of piperidine rings is 2. The van der Waals surface area contributed by atoms with Crippen molar-refractivity contribution in [2.45, 2.75) is 88.2 Å². The summed E-state index contributed by atoms with van der Waals surface area (Å²) in [5.41, 5.74) is 1.10. The average molecular weight is 417 g/mol. The van der Waals surface area contributed by atoms with Crippen molar-refractivity contribution in [1.82, 2.24) is 9.21 Å². The molecular formula is C24H36N2O2S. The van der Waals surface area contributed by atoms with E-state index in [1.807, 2.05) is 23.4 Å². The first-order chi connectivity index (χ1) is 13.9. The SMILES string of the molecule is Cc1ccc(S(=O)(=O)N2C3CCCC2C(CC(C)N2CC4CCC(C4)C2)C3)cc1. The molecule has 0 amide bonds. The summed E-state index contributed by atoms with van der Waals surface area (Å²) in [7, 11) is -3.40. The van der Waals surface area contributed by atoms with E-state index in [-0.39, 0.29) is 12.1 Å². The number of aryl methyl sites for hydroxylation is 1. The molecule has 0 radical (unpaired) electrons. The molecular weight excluding hydrogens is 380 g/mol. The van der Waals surface area contributed by atoms with Gasteiger partial charge in [0.05, 0.1) is 4.90 Å². The largest absolute Gasteiger partial charge is 0.300 e. The quantitative estimate of drug-likeness (QED) is 0.713. The minimum atomic E-state index is -3.40. The lowest BCUT2D eigenvalue weighted by molar-refractivity contribution is 0.105. The minimum Gasteiger partial charge on any atom is -0.300 e. The molecule has 1 aromatic carbocycles. The molecule has 5 rings (SSSR count). The highest BCUT2D eigenvalue weighted by Gasteiger charge is 2.50. The van der Waals surface area contributed by atoms with Gasteiger partial charge in [0.15, 0.2) is 0 Å². The van der Waals surface area contributed by atoms with Crippen LogP contribution in [0.15, 0.2) is 29.2 Å². The van der Waals surface area contributed by atoms with Crippen LogP contribution in [0.5, 0.6) is 0 Å². The lowest BCUT2D eigenvalue weighted by Gasteiger charge is -2.39. The Morgan fingerprint density at radius 3 is 2.38 bits per heavy atom. The molecule has 4 fully saturated rings. The van der Waals surface area contributed by atoms with Gasteiger partial charge in [0.2, 0.25) is 10.0 Å². The predicted molar refractivity (Wildman–Crippen MR) is 116 cm³/mol. The molecule has 1 aliphatic carbocycles. The van der Waals surface area contributed by atoms with Gasteiger partial charge in [-0.1, -0.05) is 24.1 Å². The van der Waals surface area contributed by atoms with Crippen LogP contribution < -0.4 is 0 Å². The maximum absolute atomic E-state index is 13.5. The Balaban J connectivity index is 1.32. The van der Waals surface area contributed by atoms with Crippen molar-refractivity contribution >= 4 is 10.0 Å². The van der Waals surface area contributed by atoms with Crippen molar-refractivity contribution in [3.63, 3.8) is 0 Å². The van der Waals surface area contributed by atoms with Gasteiger partial charge >= 0.3 is 0 Å². The van der Waals surface area contributed by atoms with Crippen LogP contribution in [0.2, 0.25) is 0 Å². The van der Waals surface area contributed by atoms with E-state index in [2.05, 4.69) is 11.8 Å². The number of likely N-dealkylation sites (tertiary alicyclic amines) is 1. The highest BCUT2D eigenvalue weighted by molar-refractivity contribution is 7.89. The summed E-state index contributed by atoms with van der Waals surface area (Å²) in [5.74, 6) is 2.34. The topological polar surface area (TPSA) is 40.6 Å². The van der Waals surface area contributed by atoms with Crippen LogP contribution in [0.25, 0.3) is 0 Å². The van der Waals surface area contributed by atoms with Crippen molar-refractivity contribution in [2.24, 2.45) is 17.8 Å². The molecule has 0 spiro atoms. The van der Waals surface area contributed by atoms with Gasteiger partial charge < -0.3 is 4.90 Å². The smallest absolute Gasteiger partial charge is 0.243 e. The van der Waals surface area contributed by atoms with Crippen LogP contribution in [0.3, 0.4) is 0 Å². The van der Waals surface area contributed by atoms with E-state index in [0.29, 0.717) is 16.9 Å². The molecule has 3 heterocycles. The van der Waals surface area contributed by atoms with Gasteiger partial charge in [0, 0.05) is 31.2 Å². The molecule has 6 unspecified atom stereocenters. The molecule has 0 aromatic heterocycles. The van der Waals surface area contributed by atoms with Gasteiger partial charge in [-0.05, 0) is 88.7 Å². The second kappa shape index (κ2) is 7.65. The third-order valence-electron chi connectivity index (χ3n) is 8.34. The van der Waals surface area contributed by atoms with E-state index in [1.165, 1.54) is 38.8 Å². The number of fused-ring (bicyclic) bond motifs is 4. The molecule has 0 N–H and O–H groups in total. The Bertz CT molecular complexity index is 825. The molecule has 1 saturated carbocycles. The Hall–Kier alpha value is -0.910. The fourth-order valence-corrected chi connectivity index (χ4v) is 8.86. The number of hydrogen-bond donors (Lipinski definition) is 0. The van der Waals surface area contributed by atoms with Gasteiger partial charge in [-0.3, -0.25) is 0 Å². The second-order valence-corrected chi connectivity index (χ2v) is 12.2. The summed E-state index contributed by atoms with van der Waals surface area (Å²) < 4.78 is 28.9. The van der Waals surface area contributed by atoms with Crippen LogP contribution in [0.1, 0.15) is 63.9 Å². The summed E-state index contributed by atoms with van der Waals surface area (Å²) in [6.07, 6.45) is 9.73. The Morgan fingerprint density at radius 1 is 1.00 bits per heavy atom. The molecule has 6 atom stereocenters. The van der Waals surface area contributed by atoms with E-state index >= 15 is 0 Å². The number of nitrogens with zero attached hydrogens (tertiary/aromatic N) is 2. The van der Waals surface area contributed by atoms with Gasteiger partial charge in [0.1, 0.15) is 0 Å². The highest BCUT2D eigenvalue weighted by Crippen LogP contribution is 2.46. The zero-order chi connectivity index (χ0) is 20.2. The summed E-state index contributed by atoms with van der Waals surface area (Å²) in [5, 5.41) is 0. The number of benzene rings is 1. The molecule has 4 nitrogen and oxygen atoms in total. The second-order valence-electron chi connectivity index (χ2n) is 10.4. The lowest BCUT2D eigenvalue weighted by atomic mass is 9.89. The molecule has 5 heteroatoms. The summed E-state index contributed by atoms with van der Waals surface area (Å²) in [6.45, 7) is 6.94. The molecule has 4 bridgehead atoms. The van der Waals surface area contributed by atoms with Gasteiger partial charge in [-0.25, -0.2) is 8.42 Å². The highest BCUT2D eigenvalue weighted by atomic mass is 32.2. The normalized spacial score (nSPS) is 36.4. The predicted octanol–water partition coefficient (Wildman–Crippen LogP) is 4.44. The molecule has 160 valence electrons. The van der Waals surface area contributed by atoms with E-state index < -0.39 is 10.0 Å². The zero-order valence-electron chi connectivity index (χ0n) is 18.0. The Kier molecular flexibility index (Phi) is 5.28. The molecule has 3 saturated heterocycles. The first-order valence-electron chi connectivity index (χ1n) is 11.8. The van der Waals surface area contributed by atoms with Crippen LogP contribution in [-0.2, 0) is 10.0 Å². The Labute approximate surface area is 176 Å². The first kappa shape index (κ1) is 20.0. The van der Waals surface area contributed by atoms with Crippen LogP contribution in [0.4, 0.5) is 0 Å². The number of rotatable bonds is 5. The fraction of sp³-hybridized carbons (Fsp3) is 0.750. The summed E-state index contributed by atoms with van der Waals surface area (Å²) >= 11 is 0. The van der Waals surface area contributed by atoms with Crippen molar-refractivity contribution in [2.75, 3.05) is 13.1 Å². The third kappa shape index (κ3) is 3.68. The molecule has 3 aliphatic heterocycles. The maximum Gasteiger partial charge on any atom is 0.243 e. The third-order valence-corrected chi connectivity index (χ3v) is 10.3. The monoisotopic (exact) mass is 416 g/mol. The molecule has 29 heavy (non-hydrogen) atoms. The van der Waals surface area contributed by atoms with E-state index in [9.17, 15) is 8.42 Å². The molecule has 1 aromatic rings. The van der Waals surface area contributed by atoms with Crippen molar-refractivity contribution in [3.05, 3.63) is 29.8 Å². The average Bonchev–Trinajstić information content (AvgIpc) is 3.15. The number of hydrogen-bond acceptors (Lipinski definition) is 3. The standard InChI is InChI=1S/C24H36N2O2S/c1-17-6-10-23(11-7-17)29(27,28)26-22-4-3-5-24(26)21(14-22)12-18(2)25-15-19-8-9-20(13-19)16-25/h6-7,10-11,18-22,24H,3-5,8-9,12-16H2,1-2H3. The maximum atomic E-state index is 13.5. The summed E-state index contributed by atoms with van der Waals surface area (Å²) in [4.78, 5) is 3.20. The van der Waals surface area contributed by atoms with Crippen LogP contribution in [-0.4, -0.2) is 48.8 Å². The van der Waals surface area contributed by atoms with Crippen molar-refractivity contribution in [3.8, 4) is 0 Å². The van der Waals surface area contributed by atoms with Crippen LogP contribution >= 0.6 is 0 Å². The van der Waals surface area contributed by atoms with Gasteiger partial charge in [-0.2, -0.15) is 4.31 Å². The van der Waals surface area contributed by atoms with Crippen molar-refractivity contribution < 1.29 is 8.42 Å². The summed E-state index contributed by atoms with van der Waals surface area (Å²) in [6, 6.07) is 8.40. The van der Waals surface area contributed by atoms with E-state index in [0.717, 1.165) is 43.1 Å². The first-order valence-corrected chi connectivity index (χ1v) is 13.2. The van der Waals surface area contributed by atoms with E-state index in [4.69, 9.17) is 0 Å². The fourth-order valence-electron chi connectivity index (χ4n) is 6.91. The lowest BCUT2D eigenvalue weighted by Crippen LogP contribution is -2.46.